The number of likely N-dealkylation sites (tertiary alicyclic amines) is 1. The van der Waals surface area contributed by atoms with Crippen molar-refractivity contribution in [2.24, 2.45) is 0 Å². The van der Waals surface area contributed by atoms with Gasteiger partial charge in [0, 0.05) is 22.9 Å². The second-order valence-electron chi connectivity index (χ2n) is 4.88. The molecule has 1 fully saturated rings. The summed E-state index contributed by atoms with van der Waals surface area (Å²) in [6.07, 6.45) is 3.89. The maximum atomic E-state index is 12.7. The first-order chi connectivity index (χ1) is 9.68. The minimum Gasteiger partial charge on any atom is -0.363 e. The molecule has 1 aromatic carbocycles. The van der Waals surface area contributed by atoms with E-state index in [1.165, 1.54) is 0 Å². The molecule has 2 aromatic rings. The fraction of sp³-hybridized carbons (Fsp3) is 0.267. The van der Waals surface area contributed by atoms with Crippen LogP contribution in [0.3, 0.4) is 0 Å². The molecule has 1 amide bonds. The molecule has 20 heavy (non-hydrogen) atoms. The number of benzene rings is 1. The normalized spacial score (nSPS) is 18.5. The minimum absolute atomic E-state index is 0.00611. The van der Waals surface area contributed by atoms with Gasteiger partial charge in [-0.15, -0.1) is 0 Å². The van der Waals surface area contributed by atoms with Gasteiger partial charge in [0.15, 0.2) is 0 Å². The Morgan fingerprint density at radius 3 is 2.95 bits per heavy atom. The monoisotopic (exact) mass is 352 g/mol. The first-order valence-corrected chi connectivity index (χ1v) is 7.74. The zero-order valence-corrected chi connectivity index (χ0v) is 13.1. The van der Waals surface area contributed by atoms with E-state index in [4.69, 9.17) is 11.6 Å². The number of carbonyl (C=O) groups is 1. The number of aromatic amines is 1. The highest BCUT2D eigenvalue weighted by molar-refractivity contribution is 9.10. The third-order valence-electron chi connectivity index (χ3n) is 3.68. The predicted molar refractivity (Wildman–Crippen MR) is 83.0 cm³/mol. The lowest BCUT2D eigenvalue weighted by atomic mass is 10.1. The van der Waals surface area contributed by atoms with Crippen LogP contribution in [0.4, 0.5) is 0 Å². The molecule has 0 bridgehead atoms. The summed E-state index contributed by atoms with van der Waals surface area (Å²) in [6, 6.07) is 9.56. The highest BCUT2D eigenvalue weighted by Gasteiger charge is 2.32. The molecule has 1 saturated heterocycles. The van der Waals surface area contributed by atoms with E-state index in [0.717, 1.165) is 29.6 Å². The van der Waals surface area contributed by atoms with Crippen molar-refractivity contribution < 1.29 is 4.79 Å². The summed E-state index contributed by atoms with van der Waals surface area (Å²) in [5.41, 5.74) is 1.64. The summed E-state index contributed by atoms with van der Waals surface area (Å²) >= 11 is 9.60. The average molecular weight is 354 g/mol. The summed E-state index contributed by atoms with van der Waals surface area (Å²) in [7, 11) is 0. The molecule has 0 saturated carbocycles. The van der Waals surface area contributed by atoms with Crippen LogP contribution < -0.4 is 0 Å². The summed E-state index contributed by atoms with van der Waals surface area (Å²) in [4.78, 5) is 17.8. The van der Waals surface area contributed by atoms with Crippen molar-refractivity contribution in [1.29, 1.82) is 0 Å². The van der Waals surface area contributed by atoms with Crippen LogP contribution >= 0.6 is 27.5 Å². The quantitative estimate of drug-likeness (QED) is 0.853. The number of halogens is 2. The standard InChI is InChI=1S/C15H14BrClN2O/c16-11-5-1-4-10(14(11)17)15(20)19-9-3-7-13(19)12-6-2-8-18-12/h1-2,4-6,8,13,18H,3,7,9H2. The molecule has 1 unspecified atom stereocenters. The summed E-state index contributed by atoms with van der Waals surface area (Å²) in [6.45, 7) is 0.769. The number of H-pyrrole nitrogens is 1. The Morgan fingerprint density at radius 1 is 1.35 bits per heavy atom. The fourth-order valence-corrected chi connectivity index (χ4v) is 3.28. The molecule has 3 rings (SSSR count). The second-order valence-corrected chi connectivity index (χ2v) is 6.12. The van der Waals surface area contributed by atoms with Gasteiger partial charge in [-0.3, -0.25) is 4.79 Å². The van der Waals surface area contributed by atoms with Gasteiger partial charge in [0.1, 0.15) is 0 Å². The summed E-state index contributed by atoms with van der Waals surface area (Å²) < 4.78 is 0.751. The number of hydrogen-bond donors (Lipinski definition) is 1. The molecule has 1 aliphatic rings. The lowest BCUT2D eigenvalue weighted by Crippen LogP contribution is -2.31. The van der Waals surface area contributed by atoms with Crippen molar-refractivity contribution in [3.8, 4) is 0 Å². The molecule has 0 spiro atoms. The molecule has 1 aromatic heterocycles. The Labute approximate surface area is 131 Å². The smallest absolute Gasteiger partial charge is 0.255 e. The maximum absolute atomic E-state index is 12.7. The zero-order chi connectivity index (χ0) is 14.1. The SMILES string of the molecule is O=C(c1cccc(Br)c1Cl)N1CCCC1c1ccc[nH]1. The topological polar surface area (TPSA) is 36.1 Å². The molecule has 1 aliphatic heterocycles. The van der Waals surface area contributed by atoms with E-state index in [1.54, 1.807) is 6.07 Å². The van der Waals surface area contributed by atoms with Crippen LogP contribution in [0, 0.1) is 0 Å². The molecule has 0 aliphatic carbocycles. The van der Waals surface area contributed by atoms with E-state index in [2.05, 4.69) is 20.9 Å². The number of amides is 1. The van der Waals surface area contributed by atoms with Gasteiger partial charge in [0.2, 0.25) is 0 Å². The van der Waals surface area contributed by atoms with Gasteiger partial charge in [-0.25, -0.2) is 0 Å². The van der Waals surface area contributed by atoms with Gasteiger partial charge < -0.3 is 9.88 Å². The third-order valence-corrected chi connectivity index (χ3v) is 4.97. The van der Waals surface area contributed by atoms with Gasteiger partial charge >= 0.3 is 0 Å². The number of carbonyl (C=O) groups excluding carboxylic acids is 1. The van der Waals surface area contributed by atoms with E-state index >= 15 is 0 Å². The molecule has 104 valence electrons. The number of hydrogen-bond acceptors (Lipinski definition) is 1. The first kappa shape index (κ1) is 13.7. The predicted octanol–water partition coefficient (Wildman–Crippen LogP) is 4.41. The molecule has 3 nitrogen and oxygen atoms in total. The van der Waals surface area contributed by atoms with Crippen molar-refractivity contribution >= 4 is 33.4 Å². The molecule has 5 heteroatoms. The maximum Gasteiger partial charge on any atom is 0.255 e. The summed E-state index contributed by atoms with van der Waals surface area (Å²) in [5, 5.41) is 0.481. The van der Waals surface area contributed by atoms with Crippen LogP contribution in [-0.2, 0) is 0 Å². The highest BCUT2D eigenvalue weighted by atomic mass is 79.9. The van der Waals surface area contributed by atoms with Gasteiger partial charge in [-0.05, 0) is 53.0 Å². The van der Waals surface area contributed by atoms with Crippen LogP contribution in [0.2, 0.25) is 5.02 Å². The van der Waals surface area contributed by atoms with Gasteiger partial charge in [0.25, 0.3) is 5.91 Å². The Balaban J connectivity index is 1.92. The van der Waals surface area contributed by atoms with E-state index in [1.807, 2.05) is 35.4 Å². The zero-order valence-electron chi connectivity index (χ0n) is 10.8. The largest absolute Gasteiger partial charge is 0.363 e. The van der Waals surface area contributed by atoms with Crippen molar-refractivity contribution in [2.75, 3.05) is 6.54 Å². The van der Waals surface area contributed by atoms with Crippen molar-refractivity contribution in [3.63, 3.8) is 0 Å². The van der Waals surface area contributed by atoms with E-state index in [0.29, 0.717) is 10.6 Å². The molecule has 0 radical (unpaired) electrons. The Bertz CT molecular complexity index is 627. The van der Waals surface area contributed by atoms with Crippen LogP contribution in [0.5, 0.6) is 0 Å². The van der Waals surface area contributed by atoms with Gasteiger partial charge in [-0.2, -0.15) is 0 Å². The lowest BCUT2D eigenvalue weighted by molar-refractivity contribution is 0.0733. The molecule has 2 heterocycles. The van der Waals surface area contributed by atoms with E-state index < -0.39 is 0 Å². The first-order valence-electron chi connectivity index (χ1n) is 6.57. The van der Waals surface area contributed by atoms with Crippen LogP contribution in [0.15, 0.2) is 41.0 Å². The summed E-state index contributed by atoms with van der Waals surface area (Å²) in [5.74, 6) is -0.00611. The van der Waals surface area contributed by atoms with Crippen molar-refractivity contribution in [1.82, 2.24) is 9.88 Å². The average Bonchev–Trinajstić information content (AvgIpc) is 3.10. The molecule has 1 N–H and O–H groups in total. The number of aromatic nitrogens is 1. The highest BCUT2D eigenvalue weighted by Crippen LogP contribution is 2.34. The minimum atomic E-state index is -0.00611. The van der Waals surface area contributed by atoms with E-state index in [9.17, 15) is 4.79 Å². The fourth-order valence-electron chi connectivity index (χ4n) is 2.71. The van der Waals surface area contributed by atoms with Gasteiger partial charge in [0.05, 0.1) is 16.6 Å². The Hall–Kier alpha value is -1.26. The number of rotatable bonds is 2. The van der Waals surface area contributed by atoms with Gasteiger partial charge in [-0.1, -0.05) is 17.7 Å². The third kappa shape index (κ3) is 2.38. The Morgan fingerprint density at radius 2 is 2.20 bits per heavy atom. The second kappa shape index (κ2) is 5.62. The van der Waals surface area contributed by atoms with E-state index in [-0.39, 0.29) is 11.9 Å². The van der Waals surface area contributed by atoms with Crippen molar-refractivity contribution in [3.05, 3.63) is 57.3 Å². The number of nitrogens with one attached hydrogen (secondary N) is 1. The molecule has 1 atom stereocenters. The van der Waals surface area contributed by atoms with Crippen molar-refractivity contribution in [2.45, 2.75) is 18.9 Å². The van der Waals surface area contributed by atoms with Crippen LogP contribution in [-0.4, -0.2) is 22.3 Å². The molecular weight excluding hydrogens is 340 g/mol. The van der Waals surface area contributed by atoms with Crippen LogP contribution in [0.1, 0.15) is 34.9 Å². The van der Waals surface area contributed by atoms with Crippen LogP contribution in [0.25, 0.3) is 0 Å². The lowest BCUT2D eigenvalue weighted by Gasteiger charge is -2.24. The Kier molecular flexibility index (Phi) is 3.85. The molecular formula is C15H14BrClN2O. The number of nitrogens with zero attached hydrogens (tertiary/aromatic N) is 1.